The Labute approximate surface area is 165 Å². The summed E-state index contributed by atoms with van der Waals surface area (Å²) in [5.41, 5.74) is -0.464. The molecule has 148 valence electrons. The Bertz CT molecular complexity index is 733. The average Bonchev–Trinajstić information content (AvgIpc) is 3.04. The van der Waals surface area contributed by atoms with Crippen molar-refractivity contribution in [3.63, 3.8) is 0 Å². The van der Waals surface area contributed by atoms with Crippen molar-refractivity contribution in [1.29, 1.82) is 0 Å². The van der Waals surface area contributed by atoms with Crippen LogP contribution in [0.15, 0.2) is 29.2 Å². The highest BCUT2D eigenvalue weighted by atomic mass is 35.5. The number of fused-ring (bicyclic) bond motifs is 1. The molecule has 0 aliphatic carbocycles. The molecule has 3 rings (SSSR count). The lowest BCUT2D eigenvalue weighted by Crippen LogP contribution is -2.48. The van der Waals surface area contributed by atoms with Crippen molar-refractivity contribution in [2.45, 2.75) is 4.90 Å². The van der Waals surface area contributed by atoms with Gasteiger partial charge in [0.1, 0.15) is 5.82 Å². The van der Waals surface area contributed by atoms with Crippen LogP contribution in [0.2, 0.25) is 0 Å². The van der Waals surface area contributed by atoms with Crippen molar-refractivity contribution in [3.8, 4) is 0 Å². The van der Waals surface area contributed by atoms with Gasteiger partial charge in [0.05, 0.1) is 16.1 Å². The predicted octanol–water partition coefficient (Wildman–Crippen LogP) is 0.710. The van der Waals surface area contributed by atoms with Gasteiger partial charge in [0.25, 0.3) is 0 Å². The van der Waals surface area contributed by atoms with E-state index in [9.17, 15) is 17.6 Å². The van der Waals surface area contributed by atoms with Gasteiger partial charge in [-0.05, 0) is 31.3 Å². The summed E-state index contributed by atoms with van der Waals surface area (Å²) in [6, 6.07) is 4.73. The maximum atomic E-state index is 12.9. The second-order valence-electron chi connectivity index (χ2n) is 6.71. The zero-order valence-corrected chi connectivity index (χ0v) is 16.9. The van der Waals surface area contributed by atoms with E-state index in [0.717, 1.165) is 25.2 Å². The molecule has 2 aliphatic rings. The molecule has 10 heteroatoms. The van der Waals surface area contributed by atoms with Gasteiger partial charge in [0.2, 0.25) is 5.91 Å². The molecule has 0 saturated carbocycles. The second kappa shape index (κ2) is 8.84. The summed E-state index contributed by atoms with van der Waals surface area (Å²) in [6.07, 6.45) is 0. The number of hydrogen-bond acceptors (Lipinski definition) is 5. The van der Waals surface area contributed by atoms with Gasteiger partial charge in [-0.1, -0.05) is 0 Å². The van der Waals surface area contributed by atoms with Crippen LogP contribution in [0, 0.1) is 17.2 Å². The summed E-state index contributed by atoms with van der Waals surface area (Å²) >= 11 is 0. The van der Waals surface area contributed by atoms with Gasteiger partial charge in [-0.2, -0.15) is 0 Å². The average molecular weight is 428 g/mol. The number of carbonyl (C=O) groups excluding carboxylic acids is 1. The van der Waals surface area contributed by atoms with E-state index in [4.69, 9.17) is 0 Å². The standard InChI is InChI=1S/C16H22FN3O3S.2ClH/c1-20-9-12-8-18-10-16(12,11-20)15(21)19-6-7-24(22,23)14-4-2-13(17)3-5-14;;/h2-5,12,18H,6-11H2,1H3,(H,19,21);2*1H/t12-,16-;;/m1../s1. The van der Waals surface area contributed by atoms with Crippen LogP contribution in [-0.2, 0) is 14.6 Å². The van der Waals surface area contributed by atoms with E-state index in [-0.39, 0.29) is 53.8 Å². The van der Waals surface area contributed by atoms with Crippen molar-refractivity contribution >= 4 is 40.6 Å². The predicted molar refractivity (Wildman–Crippen MR) is 102 cm³/mol. The van der Waals surface area contributed by atoms with Crippen LogP contribution in [0.3, 0.4) is 0 Å². The van der Waals surface area contributed by atoms with E-state index in [1.54, 1.807) is 0 Å². The van der Waals surface area contributed by atoms with Crippen molar-refractivity contribution in [1.82, 2.24) is 15.5 Å². The lowest BCUT2D eigenvalue weighted by Gasteiger charge is -2.26. The Morgan fingerprint density at radius 1 is 1.35 bits per heavy atom. The van der Waals surface area contributed by atoms with Gasteiger partial charge in [0, 0.05) is 38.6 Å². The van der Waals surface area contributed by atoms with E-state index >= 15 is 0 Å². The molecule has 2 heterocycles. The topological polar surface area (TPSA) is 78.5 Å². The van der Waals surface area contributed by atoms with Crippen molar-refractivity contribution < 1.29 is 17.6 Å². The van der Waals surface area contributed by atoms with Crippen LogP contribution < -0.4 is 10.6 Å². The Morgan fingerprint density at radius 2 is 2.00 bits per heavy atom. The number of hydrogen-bond donors (Lipinski definition) is 2. The number of rotatable bonds is 5. The lowest BCUT2D eigenvalue weighted by atomic mass is 9.80. The number of amides is 1. The van der Waals surface area contributed by atoms with E-state index in [0.29, 0.717) is 13.1 Å². The molecule has 1 aromatic rings. The minimum absolute atomic E-state index is 0. The fourth-order valence-corrected chi connectivity index (χ4v) is 4.89. The lowest BCUT2D eigenvalue weighted by molar-refractivity contribution is -0.130. The number of carbonyl (C=O) groups is 1. The Hall–Kier alpha value is -0.930. The van der Waals surface area contributed by atoms with Gasteiger partial charge in [-0.25, -0.2) is 12.8 Å². The number of nitrogens with zero attached hydrogens (tertiary/aromatic N) is 1. The first-order valence-corrected chi connectivity index (χ1v) is 9.65. The summed E-state index contributed by atoms with van der Waals surface area (Å²) in [6.45, 7) is 3.04. The molecule has 0 bridgehead atoms. The minimum atomic E-state index is -3.54. The van der Waals surface area contributed by atoms with Crippen molar-refractivity contribution in [2.24, 2.45) is 11.3 Å². The second-order valence-corrected chi connectivity index (χ2v) is 8.82. The van der Waals surface area contributed by atoms with Gasteiger partial charge in [-0.3, -0.25) is 4.79 Å². The maximum absolute atomic E-state index is 12.9. The molecule has 2 fully saturated rings. The first-order valence-electron chi connectivity index (χ1n) is 7.99. The Kier molecular flexibility index (Phi) is 7.86. The third kappa shape index (κ3) is 4.48. The van der Waals surface area contributed by atoms with Crippen LogP contribution in [0.1, 0.15) is 0 Å². The molecule has 0 spiro atoms. The molecule has 6 nitrogen and oxygen atoms in total. The third-order valence-corrected chi connectivity index (χ3v) is 6.71. The van der Waals surface area contributed by atoms with Crippen LogP contribution in [0.25, 0.3) is 0 Å². The van der Waals surface area contributed by atoms with E-state index in [1.165, 1.54) is 12.1 Å². The van der Waals surface area contributed by atoms with E-state index in [2.05, 4.69) is 15.5 Å². The summed E-state index contributed by atoms with van der Waals surface area (Å²) in [7, 11) is -1.55. The summed E-state index contributed by atoms with van der Waals surface area (Å²) in [4.78, 5) is 14.8. The molecule has 26 heavy (non-hydrogen) atoms. The number of halogens is 3. The molecule has 1 aromatic carbocycles. The highest BCUT2D eigenvalue weighted by Gasteiger charge is 2.53. The highest BCUT2D eigenvalue weighted by Crippen LogP contribution is 2.38. The van der Waals surface area contributed by atoms with Gasteiger partial charge in [-0.15, -0.1) is 24.8 Å². The molecule has 1 amide bonds. The number of sulfone groups is 1. The summed E-state index contributed by atoms with van der Waals surface area (Å²) in [5.74, 6) is -0.507. The quantitative estimate of drug-likeness (QED) is 0.676. The molecule has 2 saturated heterocycles. The van der Waals surface area contributed by atoms with Gasteiger partial charge >= 0.3 is 0 Å². The van der Waals surface area contributed by atoms with E-state index in [1.807, 2.05) is 7.05 Å². The Balaban J connectivity index is 0.00000169. The number of nitrogens with one attached hydrogen (secondary N) is 2. The normalized spacial score (nSPS) is 25.1. The van der Waals surface area contributed by atoms with Crippen molar-refractivity contribution in [3.05, 3.63) is 30.1 Å². The molecule has 2 N–H and O–H groups in total. The molecule has 0 aromatic heterocycles. The molecule has 2 aliphatic heterocycles. The minimum Gasteiger partial charge on any atom is -0.354 e. The van der Waals surface area contributed by atoms with Gasteiger partial charge < -0.3 is 15.5 Å². The first-order chi connectivity index (χ1) is 11.3. The van der Waals surface area contributed by atoms with Crippen LogP contribution in [0.4, 0.5) is 4.39 Å². The number of benzene rings is 1. The third-order valence-electron chi connectivity index (χ3n) is 4.98. The van der Waals surface area contributed by atoms with Gasteiger partial charge in [0.15, 0.2) is 9.84 Å². The molecule has 2 atom stereocenters. The smallest absolute Gasteiger partial charge is 0.229 e. The summed E-state index contributed by atoms with van der Waals surface area (Å²) < 4.78 is 37.4. The van der Waals surface area contributed by atoms with Crippen LogP contribution in [0.5, 0.6) is 0 Å². The van der Waals surface area contributed by atoms with Crippen LogP contribution >= 0.6 is 24.8 Å². The SMILES string of the molecule is CN1C[C@H]2CNC[C@@]2(C(=O)NCCS(=O)(=O)c2ccc(F)cc2)C1.Cl.Cl. The van der Waals surface area contributed by atoms with Crippen molar-refractivity contribution in [2.75, 3.05) is 45.5 Å². The first kappa shape index (κ1) is 23.1. The highest BCUT2D eigenvalue weighted by molar-refractivity contribution is 7.91. The molecular weight excluding hydrogens is 404 g/mol. The molecule has 0 unspecified atom stereocenters. The summed E-state index contributed by atoms with van der Waals surface area (Å²) in [5, 5.41) is 6.05. The largest absolute Gasteiger partial charge is 0.354 e. The fraction of sp³-hybridized carbons (Fsp3) is 0.562. The zero-order valence-electron chi connectivity index (χ0n) is 14.4. The number of likely N-dealkylation sites (tertiary alicyclic amines) is 1. The zero-order chi connectivity index (χ0) is 17.4. The molecular formula is C16H24Cl2FN3O3S. The Morgan fingerprint density at radius 3 is 2.65 bits per heavy atom. The monoisotopic (exact) mass is 427 g/mol. The maximum Gasteiger partial charge on any atom is 0.229 e. The molecule has 0 radical (unpaired) electrons. The van der Waals surface area contributed by atoms with E-state index < -0.39 is 21.1 Å². The van der Waals surface area contributed by atoms with Crippen LogP contribution in [-0.4, -0.2) is 64.7 Å². The fourth-order valence-electron chi connectivity index (χ4n) is 3.73.